The summed E-state index contributed by atoms with van der Waals surface area (Å²) in [5, 5.41) is 11.3. The Balaban J connectivity index is 1.31. The first-order valence-electron chi connectivity index (χ1n) is 13.3. The molecule has 5 nitrogen and oxygen atoms in total. The molecule has 0 spiro atoms. The quantitative estimate of drug-likeness (QED) is 0.234. The number of amidine groups is 1. The van der Waals surface area contributed by atoms with Gasteiger partial charge in [0.05, 0.1) is 11.4 Å². The van der Waals surface area contributed by atoms with Crippen molar-refractivity contribution in [1.82, 2.24) is 10.6 Å². The van der Waals surface area contributed by atoms with Crippen LogP contribution >= 0.6 is 0 Å². The van der Waals surface area contributed by atoms with E-state index < -0.39 is 0 Å². The third-order valence-corrected chi connectivity index (χ3v) is 7.38. The molecule has 2 heterocycles. The predicted octanol–water partition coefficient (Wildman–Crippen LogP) is 7.29. The second kappa shape index (κ2) is 10.1. The zero-order valence-corrected chi connectivity index (χ0v) is 21.4. The Morgan fingerprint density at radius 1 is 0.564 bits per heavy atom. The van der Waals surface area contributed by atoms with E-state index in [0.717, 1.165) is 28.3 Å². The molecule has 3 N–H and O–H groups in total. The number of nitrogens with one attached hydrogen (secondary N) is 3. The molecule has 0 aliphatic carbocycles. The minimum atomic E-state index is -0.181. The van der Waals surface area contributed by atoms with Crippen LogP contribution in [0, 0.1) is 0 Å². The van der Waals surface area contributed by atoms with Crippen molar-refractivity contribution in [1.29, 1.82) is 0 Å². The molecular weight excluding hydrogens is 478 g/mol. The first-order valence-corrected chi connectivity index (χ1v) is 13.3. The topological polar surface area (TPSA) is 51.7 Å². The Hall–Kier alpha value is -4.87. The van der Waals surface area contributed by atoms with Crippen LogP contribution < -0.4 is 20.9 Å². The van der Waals surface area contributed by atoms with Crippen LogP contribution in [0.1, 0.15) is 40.8 Å². The van der Waals surface area contributed by atoms with E-state index in [9.17, 15) is 0 Å². The minimum absolute atomic E-state index is 0.0705. The van der Waals surface area contributed by atoms with Crippen molar-refractivity contribution in [2.75, 3.05) is 10.2 Å². The van der Waals surface area contributed by atoms with Crippen LogP contribution in [0.25, 0.3) is 0 Å². The molecule has 3 unspecified atom stereocenters. The fourth-order valence-electron chi connectivity index (χ4n) is 5.54. The molecule has 0 amide bonds. The van der Waals surface area contributed by atoms with Crippen LogP contribution in [-0.2, 0) is 0 Å². The highest BCUT2D eigenvalue weighted by Gasteiger charge is 2.35. The van der Waals surface area contributed by atoms with Gasteiger partial charge in [-0.25, -0.2) is 4.99 Å². The first-order chi connectivity index (χ1) is 19.3. The summed E-state index contributed by atoms with van der Waals surface area (Å²) in [6.07, 6.45) is -0.402. The second-order valence-corrected chi connectivity index (χ2v) is 9.80. The van der Waals surface area contributed by atoms with Gasteiger partial charge in [0.1, 0.15) is 24.3 Å². The zero-order chi connectivity index (χ0) is 26.0. The van der Waals surface area contributed by atoms with Gasteiger partial charge in [-0.15, -0.1) is 0 Å². The van der Waals surface area contributed by atoms with Crippen LogP contribution in [0.2, 0.25) is 0 Å². The van der Waals surface area contributed by atoms with Gasteiger partial charge in [0.2, 0.25) is 0 Å². The smallest absolute Gasteiger partial charge is 0.131 e. The van der Waals surface area contributed by atoms with Gasteiger partial charge in [-0.1, -0.05) is 115 Å². The molecule has 0 radical (unpaired) electrons. The molecule has 3 atom stereocenters. The van der Waals surface area contributed by atoms with Gasteiger partial charge in [0.15, 0.2) is 0 Å². The summed E-state index contributed by atoms with van der Waals surface area (Å²) in [6.45, 7) is 0. The van der Waals surface area contributed by atoms with Crippen molar-refractivity contribution < 1.29 is 0 Å². The highest BCUT2D eigenvalue weighted by atomic mass is 15.3. The molecule has 5 aromatic carbocycles. The lowest BCUT2D eigenvalue weighted by molar-refractivity contribution is 0.406. The fourth-order valence-corrected chi connectivity index (χ4v) is 5.54. The third kappa shape index (κ3) is 4.43. The normalized spacial score (nSPS) is 19.9. The van der Waals surface area contributed by atoms with E-state index in [0.29, 0.717) is 0 Å². The van der Waals surface area contributed by atoms with Gasteiger partial charge in [0, 0.05) is 16.8 Å². The van der Waals surface area contributed by atoms with Crippen LogP contribution in [-0.4, -0.2) is 5.84 Å². The molecule has 39 heavy (non-hydrogen) atoms. The number of aliphatic imine (C=N–C) groups is 1. The van der Waals surface area contributed by atoms with E-state index in [4.69, 9.17) is 4.99 Å². The van der Waals surface area contributed by atoms with Crippen LogP contribution in [0.5, 0.6) is 0 Å². The van der Waals surface area contributed by atoms with E-state index >= 15 is 0 Å². The lowest BCUT2D eigenvalue weighted by Crippen LogP contribution is -2.45. The summed E-state index contributed by atoms with van der Waals surface area (Å²) < 4.78 is 0. The van der Waals surface area contributed by atoms with Crippen LogP contribution in [0.4, 0.5) is 17.1 Å². The molecule has 190 valence electrons. The van der Waals surface area contributed by atoms with Gasteiger partial charge >= 0.3 is 0 Å². The number of hydrogen-bond acceptors (Lipinski definition) is 5. The van der Waals surface area contributed by atoms with Crippen molar-refractivity contribution in [3.8, 4) is 0 Å². The highest BCUT2D eigenvalue weighted by Crippen LogP contribution is 2.47. The number of anilines is 3. The summed E-state index contributed by atoms with van der Waals surface area (Å²) in [5.41, 5.74) is 8.01. The molecule has 0 bridgehead atoms. The van der Waals surface area contributed by atoms with E-state index in [1.807, 2.05) is 12.1 Å². The second-order valence-electron chi connectivity index (χ2n) is 9.80. The Bertz CT molecular complexity index is 1600. The average molecular weight is 508 g/mol. The predicted molar refractivity (Wildman–Crippen MR) is 159 cm³/mol. The molecule has 0 aromatic heterocycles. The molecule has 2 aliphatic rings. The Kier molecular flexibility index (Phi) is 6.04. The lowest BCUT2D eigenvalue weighted by atomic mass is 9.99. The molecule has 0 saturated heterocycles. The number of hydrogen-bond donors (Lipinski definition) is 3. The molecule has 7 rings (SSSR count). The maximum atomic E-state index is 5.09. The molecule has 5 heteroatoms. The SMILES string of the molecule is c1ccc(C2=NC(c3ccccc3)NC(c3ccccc3C3Nc4ccccc4N3c3ccccc3)N2)cc1. The van der Waals surface area contributed by atoms with Gasteiger partial charge < -0.3 is 15.5 Å². The summed E-state index contributed by atoms with van der Waals surface area (Å²) >= 11 is 0. The maximum Gasteiger partial charge on any atom is 0.131 e. The summed E-state index contributed by atoms with van der Waals surface area (Å²) in [4.78, 5) is 7.48. The highest BCUT2D eigenvalue weighted by molar-refractivity contribution is 5.99. The number of benzene rings is 5. The Morgan fingerprint density at radius 2 is 1.18 bits per heavy atom. The molecule has 2 aliphatic heterocycles. The van der Waals surface area contributed by atoms with E-state index in [2.05, 4.69) is 148 Å². The Labute approximate surface area is 228 Å². The van der Waals surface area contributed by atoms with Crippen molar-refractivity contribution >= 4 is 22.9 Å². The summed E-state index contributed by atoms with van der Waals surface area (Å²) in [5.74, 6) is 0.880. The van der Waals surface area contributed by atoms with Crippen molar-refractivity contribution in [2.24, 2.45) is 4.99 Å². The third-order valence-electron chi connectivity index (χ3n) is 7.38. The van der Waals surface area contributed by atoms with Crippen LogP contribution in [0.3, 0.4) is 0 Å². The van der Waals surface area contributed by atoms with E-state index in [1.54, 1.807) is 0 Å². The van der Waals surface area contributed by atoms with E-state index in [1.165, 1.54) is 16.8 Å². The van der Waals surface area contributed by atoms with Gasteiger partial charge in [-0.3, -0.25) is 5.32 Å². The first kappa shape index (κ1) is 23.3. The molecule has 0 fully saturated rings. The number of rotatable bonds is 5. The number of fused-ring (bicyclic) bond motifs is 1. The van der Waals surface area contributed by atoms with Gasteiger partial charge in [-0.2, -0.15) is 0 Å². The maximum absolute atomic E-state index is 5.09. The van der Waals surface area contributed by atoms with Gasteiger partial charge in [0.25, 0.3) is 0 Å². The average Bonchev–Trinajstić information content (AvgIpc) is 3.42. The largest absolute Gasteiger partial charge is 0.359 e. The zero-order valence-electron chi connectivity index (χ0n) is 21.4. The van der Waals surface area contributed by atoms with Crippen molar-refractivity contribution in [2.45, 2.75) is 18.5 Å². The minimum Gasteiger partial charge on any atom is -0.359 e. The number of nitrogens with zero attached hydrogens (tertiary/aromatic N) is 2. The fraction of sp³-hybridized carbons (Fsp3) is 0.0882. The Morgan fingerprint density at radius 3 is 1.95 bits per heavy atom. The standard InChI is InChI=1S/C34H29N5/c1-4-14-24(15-5-1)31-36-32(25-16-6-2-7-17-25)38-33(37-31)27-20-10-11-21-28(27)34-35-29-22-12-13-23-30(29)39(34)26-18-8-3-9-19-26/h1-23,31,33-35,37H,(H,36,38). The summed E-state index contributed by atoms with van der Waals surface area (Å²) in [7, 11) is 0. The van der Waals surface area contributed by atoms with Crippen molar-refractivity contribution in [3.05, 3.63) is 162 Å². The molecule has 0 saturated carbocycles. The lowest BCUT2D eigenvalue weighted by Gasteiger charge is -2.35. The van der Waals surface area contributed by atoms with E-state index in [-0.39, 0.29) is 18.5 Å². The monoisotopic (exact) mass is 507 g/mol. The number of para-hydroxylation sites is 3. The van der Waals surface area contributed by atoms with Crippen LogP contribution in [0.15, 0.2) is 145 Å². The van der Waals surface area contributed by atoms with Gasteiger partial charge in [-0.05, 0) is 35.4 Å². The summed E-state index contributed by atoms with van der Waals surface area (Å²) in [6, 6.07) is 48.6. The molecule has 5 aromatic rings. The van der Waals surface area contributed by atoms with Crippen molar-refractivity contribution in [3.63, 3.8) is 0 Å². The molecular formula is C34H29N5.